The topological polar surface area (TPSA) is 76.0 Å². The summed E-state index contributed by atoms with van der Waals surface area (Å²) < 4.78 is 15.7. The van der Waals surface area contributed by atoms with Crippen molar-refractivity contribution < 1.29 is 14.0 Å². The van der Waals surface area contributed by atoms with Crippen LogP contribution in [0.1, 0.15) is 21.7 Å². The molecule has 0 fully saturated rings. The number of benzene rings is 3. The molecule has 0 spiro atoms. The highest BCUT2D eigenvalue weighted by molar-refractivity contribution is 5.94. The summed E-state index contributed by atoms with van der Waals surface area (Å²) in [5.41, 5.74) is 3.37. The molecule has 6 nitrogen and oxygen atoms in total. The van der Waals surface area contributed by atoms with E-state index in [1.165, 1.54) is 12.1 Å². The summed E-state index contributed by atoms with van der Waals surface area (Å²) in [5.74, 6) is -0.345. The molecule has 0 saturated carbocycles. The first kappa shape index (κ1) is 21.2. The smallest absolute Gasteiger partial charge is 0.251 e. The van der Waals surface area contributed by atoms with E-state index in [1.54, 1.807) is 28.8 Å². The molecule has 0 aliphatic heterocycles. The lowest BCUT2D eigenvalue weighted by Crippen LogP contribution is -2.27. The van der Waals surface area contributed by atoms with Crippen molar-refractivity contribution in [3.05, 3.63) is 95.6 Å². The molecule has 162 valence electrons. The zero-order valence-corrected chi connectivity index (χ0v) is 17.6. The molecule has 0 bridgehead atoms. The number of anilines is 1. The SMILES string of the molecule is Cc1ccc(C(=O)NCCc2nc3ccccc3n2CC(=O)Nc2ccccc2F)cc1. The van der Waals surface area contributed by atoms with Crippen LogP contribution in [-0.2, 0) is 17.8 Å². The molecule has 4 aromatic rings. The van der Waals surface area contributed by atoms with Crippen molar-refractivity contribution in [3.8, 4) is 0 Å². The summed E-state index contributed by atoms with van der Waals surface area (Å²) in [4.78, 5) is 29.6. The van der Waals surface area contributed by atoms with Gasteiger partial charge in [-0.2, -0.15) is 0 Å². The number of rotatable bonds is 7. The molecule has 32 heavy (non-hydrogen) atoms. The number of halogens is 1. The number of hydrogen-bond donors (Lipinski definition) is 2. The van der Waals surface area contributed by atoms with Crippen molar-refractivity contribution in [1.82, 2.24) is 14.9 Å². The van der Waals surface area contributed by atoms with Gasteiger partial charge in [0.15, 0.2) is 0 Å². The van der Waals surface area contributed by atoms with Gasteiger partial charge in [-0.25, -0.2) is 9.37 Å². The second kappa shape index (κ2) is 9.43. The number of carbonyl (C=O) groups excluding carboxylic acids is 2. The van der Waals surface area contributed by atoms with Gasteiger partial charge in [0.25, 0.3) is 5.91 Å². The maximum Gasteiger partial charge on any atom is 0.251 e. The molecule has 2 amide bonds. The number of amides is 2. The average Bonchev–Trinajstić information content (AvgIpc) is 3.13. The first-order chi connectivity index (χ1) is 15.5. The Kier molecular flexibility index (Phi) is 6.26. The van der Waals surface area contributed by atoms with Crippen LogP contribution in [0.3, 0.4) is 0 Å². The van der Waals surface area contributed by atoms with Crippen molar-refractivity contribution in [2.24, 2.45) is 0 Å². The van der Waals surface area contributed by atoms with E-state index in [1.807, 2.05) is 43.3 Å². The van der Waals surface area contributed by atoms with E-state index < -0.39 is 5.82 Å². The minimum Gasteiger partial charge on any atom is -0.352 e. The monoisotopic (exact) mass is 430 g/mol. The fourth-order valence-corrected chi connectivity index (χ4v) is 3.48. The Hall–Kier alpha value is -4.00. The third kappa shape index (κ3) is 4.83. The Morgan fingerprint density at radius 2 is 1.69 bits per heavy atom. The molecule has 4 rings (SSSR count). The Bertz CT molecular complexity index is 1260. The maximum atomic E-state index is 13.9. The normalized spacial score (nSPS) is 10.8. The largest absolute Gasteiger partial charge is 0.352 e. The Morgan fingerprint density at radius 3 is 2.47 bits per heavy atom. The fraction of sp³-hybridized carbons (Fsp3) is 0.160. The van der Waals surface area contributed by atoms with Crippen LogP contribution in [0.25, 0.3) is 11.0 Å². The van der Waals surface area contributed by atoms with Crippen LogP contribution in [0, 0.1) is 12.7 Å². The molecule has 0 saturated heterocycles. The third-order valence-corrected chi connectivity index (χ3v) is 5.13. The summed E-state index contributed by atoms with van der Waals surface area (Å²) in [5, 5.41) is 5.51. The number of nitrogens with one attached hydrogen (secondary N) is 2. The van der Waals surface area contributed by atoms with Gasteiger partial charge in [0, 0.05) is 18.5 Å². The van der Waals surface area contributed by atoms with Crippen LogP contribution in [-0.4, -0.2) is 27.9 Å². The summed E-state index contributed by atoms with van der Waals surface area (Å²) in [6.07, 6.45) is 0.444. The molecule has 2 N–H and O–H groups in total. The quantitative estimate of drug-likeness (QED) is 0.464. The predicted octanol–water partition coefficient (Wildman–Crippen LogP) is 4.10. The van der Waals surface area contributed by atoms with Gasteiger partial charge in [-0.05, 0) is 43.3 Å². The standard InChI is InChI=1S/C25H23FN4O2/c1-17-10-12-18(13-11-17)25(32)27-15-14-23-28-21-8-4-5-9-22(21)30(23)16-24(31)29-20-7-3-2-6-19(20)26/h2-13H,14-16H2,1H3,(H,27,32)(H,29,31). The zero-order chi connectivity index (χ0) is 22.5. The molecule has 0 aliphatic rings. The summed E-state index contributed by atoms with van der Waals surface area (Å²) in [7, 11) is 0. The van der Waals surface area contributed by atoms with E-state index in [4.69, 9.17) is 0 Å². The highest BCUT2D eigenvalue weighted by Crippen LogP contribution is 2.18. The molecule has 7 heteroatoms. The second-order valence-electron chi connectivity index (χ2n) is 7.50. The predicted molar refractivity (Wildman–Crippen MR) is 122 cm³/mol. The minimum absolute atomic E-state index is 0.0178. The molecular weight excluding hydrogens is 407 g/mol. The van der Waals surface area contributed by atoms with Crippen molar-refractivity contribution in [1.29, 1.82) is 0 Å². The third-order valence-electron chi connectivity index (χ3n) is 5.13. The molecule has 0 atom stereocenters. The lowest BCUT2D eigenvalue weighted by Gasteiger charge is -2.11. The van der Waals surface area contributed by atoms with Gasteiger partial charge in [-0.3, -0.25) is 9.59 Å². The van der Waals surface area contributed by atoms with E-state index in [-0.39, 0.29) is 24.0 Å². The fourth-order valence-electron chi connectivity index (χ4n) is 3.48. The first-order valence-corrected chi connectivity index (χ1v) is 10.3. The lowest BCUT2D eigenvalue weighted by atomic mass is 10.1. The molecule has 0 aliphatic carbocycles. The van der Waals surface area contributed by atoms with E-state index in [9.17, 15) is 14.0 Å². The van der Waals surface area contributed by atoms with Gasteiger partial charge in [-0.1, -0.05) is 42.0 Å². The number of hydrogen-bond acceptors (Lipinski definition) is 3. The van der Waals surface area contributed by atoms with Crippen molar-refractivity contribution in [2.75, 3.05) is 11.9 Å². The number of carbonyl (C=O) groups is 2. The van der Waals surface area contributed by atoms with Gasteiger partial charge in [0.05, 0.1) is 16.7 Å². The van der Waals surface area contributed by atoms with Crippen molar-refractivity contribution in [2.45, 2.75) is 19.9 Å². The Morgan fingerprint density at radius 1 is 0.969 bits per heavy atom. The summed E-state index contributed by atoms with van der Waals surface area (Å²) in [6, 6.07) is 20.9. The number of imidazole rings is 1. The number of nitrogens with zero attached hydrogens (tertiary/aromatic N) is 2. The van der Waals surface area contributed by atoms with E-state index in [0.717, 1.165) is 16.6 Å². The lowest BCUT2D eigenvalue weighted by molar-refractivity contribution is -0.116. The highest BCUT2D eigenvalue weighted by Gasteiger charge is 2.15. The molecule has 3 aromatic carbocycles. The van der Waals surface area contributed by atoms with Crippen LogP contribution in [0.5, 0.6) is 0 Å². The van der Waals surface area contributed by atoms with Gasteiger partial charge in [0.1, 0.15) is 18.2 Å². The summed E-state index contributed by atoms with van der Waals surface area (Å²) in [6.45, 7) is 2.32. The van der Waals surface area contributed by atoms with Crippen LogP contribution in [0.4, 0.5) is 10.1 Å². The second-order valence-corrected chi connectivity index (χ2v) is 7.50. The Labute approximate surface area is 185 Å². The van der Waals surface area contributed by atoms with Crippen molar-refractivity contribution in [3.63, 3.8) is 0 Å². The molecule has 1 heterocycles. The molecule has 1 aromatic heterocycles. The van der Waals surface area contributed by atoms with Gasteiger partial charge < -0.3 is 15.2 Å². The number of aromatic nitrogens is 2. The van der Waals surface area contributed by atoms with Gasteiger partial charge in [0.2, 0.25) is 5.91 Å². The van der Waals surface area contributed by atoms with Crippen LogP contribution in [0.15, 0.2) is 72.8 Å². The Balaban J connectivity index is 1.47. The van der Waals surface area contributed by atoms with Crippen LogP contribution in [0.2, 0.25) is 0 Å². The molecule has 0 radical (unpaired) electrons. The first-order valence-electron chi connectivity index (χ1n) is 10.3. The van der Waals surface area contributed by atoms with E-state index in [0.29, 0.717) is 24.4 Å². The summed E-state index contributed by atoms with van der Waals surface area (Å²) >= 11 is 0. The van der Waals surface area contributed by atoms with Crippen LogP contribution >= 0.6 is 0 Å². The molecular formula is C25H23FN4O2. The highest BCUT2D eigenvalue weighted by atomic mass is 19.1. The van der Waals surface area contributed by atoms with E-state index >= 15 is 0 Å². The zero-order valence-electron chi connectivity index (χ0n) is 17.6. The minimum atomic E-state index is -0.490. The van der Waals surface area contributed by atoms with Gasteiger partial charge >= 0.3 is 0 Å². The maximum absolute atomic E-state index is 13.9. The number of para-hydroxylation sites is 3. The van der Waals surface area contributed by atoms with E-state index in [2.05, 4.69) is 15.6 Å². The number of fused-ring (bicyclic) bond motifs is 1. The molecule has 0 unspecified atom stereocenters. The van der Waals surface area contributed by atoms with Crippen LogP contribution < -0.4 is 10.6 Å². The van der Waals surface area contributed by atoms with Crippen molar-refractivity contribution >= 4 is 28.5 Å². The van der Waals surface area contributed by atoms with Gasteiger partial charge in [-0.15, -0.1) is 0 Å². The number of aryl methyl sites for hydroxylation is 1. The average molecular weight is 430 g/mol.